The molecule has 1 aromatic heterocycles. The number of sulfonamides is 1. The highest BCUT2D eigenvalue weighted by Crippen LogP contribution is 2.17. The van der Waals surface area contributed by atoms with Crippen LogP contribution in [0.5, 0.6) is 0 Å². The number of nitrogens with one attached hydrogen (secondary N) is 2. The second kappa shape index (κ2) is 5.73. The van der Waals surface area contributed by atoms with Crippen LogP contribution in [-0.4, -0.2) is 30.1 Å². The van der Waals surface area contributed by atoms with Crippen molar-refractivity contribution in [3.63, 3.8) is 0 Å². The molecule has 2 aromatic rings. The maximum absolute atomic E-state index is 13.4. The van der Waals surface area contributed by atoms with Crippen LogP contribution in [0, 0.1) is 17.7 Å². The molecule has 0 amide bonds. The Balaban J connectivity index is 2.31. The van der Waals surface area contributed by atoms with E-state index < -0.39 is 22.4 Å². The van der Waals surface area contributed by atoms with Crippen molar-refractivity contribution in [1.82, 2.24) is 9.97 Å². The molecule has 3 N–H and O–H groups in total. The quantitative estimate of drug-likeness (QED) is 0.726. The van der Waals surface area contributed by atoms with Gasteiger partial charge in [-0.15, -0.1) is 0 Å². The Labute approximate surface area is 114 Å². The van der Waals surface area contributed by atoms with E-state index in [4.69, 9.17) is 5.11 Å². The van der Waals surface area contributed by atoms with Gasteiger partial charge >= 0.3 is 0 Å². The minimum atomic E-state index is -3.81. The number of aliphatic hydroxyl groups is 1. The summed E-state index contributed by atoms with van der Waals surface area (Å²) in [5.74, 6) is 4.09. The zero-order chi connectivity index (χ0) is 14.6. The number of hydrogen-bond acceptors (Lipinski definition) is 4. The molecular weight excluding hydrogens is 285 g/mol. The third-order valence-electron chi connectivity index (χ3n) is 2.28. The molecule has 20 heavy (non-hydrogen) atoms. The van der Waals surface area contributed by atoms with E-state index >= 15 is 0 Å². The largest absolute Gasteiger partial charge is 0.384 e. The molecule has 0 saturated carbocycles. The van der Waals surface area contributed by atoms with Crippen molar-refractivity contribution in [2.24, 2.45) is 0 Å². The molecular formula is C12H10FN3O3S. The van der Waals surface area contributed by atoms with Crippen molar-refractivity contribution in [2.75, 3.05) is 11.3 Å². The molecule has 0 aliphatic carbocycles. The number of hydrogen-bond donors (Lipinski definition) is 3. The molecule has 0 saturated heterocycles. The van der Waals surface area contributed by atoms with Crippen molar-refractivity contribution in [1.29, 1.82) is 0 Å². The predicted octanol–water partition coefficient (Wildman–Crippen LogP) is 0.693. The van der Waals surface area contributed by atoms with Crippen LogP contribution >= 0.6 is 0 Å². The van der Waals surface area contributed by atoms with Crippen molar-refractivity contribution in [2.45, 2.75) is 5.03 Å². The number of imidazole rings is 1. The van der Waals surface area contributed by atoms with Gasteiger partial charge in [0.15, 0.2) is 5.03 Å². The first kappa shape index (κ1) is 14.0. The van der Waals surface area contributed by atoms with Crippen LogP contribution in [0.3, 0.4) is 0 Å². The van der Waals surface area contributed by atoms with Gasteiger partial charge < -0.3 is 10.1 Å². The zero-order valence-corrected chi connectivity index (χ0v) is 10.9. The maximum atomic E-state index is 13.4. The van der Waals surface area contributed by atoms with Crippen LogP contribution in [0.2, 0.25) is 0 Å². The first-order valence-corrected chi connectivity index (χ1v) is 6.92. The topological polar surface area (TPSA) is 95.1 Å². The molecule has 2 rings (SSSR count). The Morgan fingerprint density at radius 1 is 1.45 bits per heavy atom. The van der Waals surface area contributed by atoms with E-state index in [2.05, 4.69) is 26.5 Å². The van der Waals surface area contributed by atoms with E-state index in [1.165, 1.54) is 18.5 Å². The number of aromatic amines is 1. The molecule has 0 bridgehead atoms. The number of anilines is 1. The third-order valence-corrected chi connectivity index (χ3v) is 3.59. The third kappa shape index (κ3) is 3.14. The first-order valence-electron chi connectivity index (χ1n) is 5.43. The molecule has 0 aliphatic heterocycles. The number of halogens is 1. The molecule has 0 atom stereocenters. The normalized spacial score (nSPS) is 10.7. The number of benzene rings is 1. The fraction of sp³-hybridized carbons (Fsp3) is 0.0833. The van der Waals surface area contributed by atoms with Gasteiger partial charge in [0.2, 0.25) is 0 Å². The highest BCUT2D eigenvalue weighted by atomic mass is 32.2. The first-order chi connectivity index (χ1) is 9.53. The number of aromatic nitrogens is 2. The van der Waals surface area contributed by atoms with E-state index in [0.717, 1.165) is 12.3 Å². The summed E-state index contributed by atoms with van der Waals surface area (Å²) >= 11 is 0. The van der Waals surface area contributed by atoms with E-state index in [1.807, 2.05) is 0 Å². The summed E-state index contributed by atoms with van der Waals surface area (Å²) in [5, 5.41) is 8.47. The van der Waals surface area contributed by atoms with Crippen LogP contribution < -0.4 is 4.72 Å². The highest BCUT2D eigenvalue weighted by Gasteiger charge is 2.16. The molecule has 0 aliphatic rings. The van der Waals surface area contributed by atoms with Crippen molar-refractivity contribution >= 4 is 15.7 Å². The van der Waals surface area contributed by atoms with Gasteiger partial charge in [0.25, 0.3) is 10.0 Å². The van der Waals surface area contributed by atoms with Crippen LogP contribution in [0.15, 0.2) is 35.7 Å². The van der Waals surface area contributed by atoms with Crippen LogP contribution in [0.25, 0.3) is 0 Å². The van der Waals surface area contributed by atoms with Crippen molar-refractivity contribution < 1.29 is 17.9 Å². The fourth-order valence-corrected chi connectivity index (χ4v) is 2.37. The Bertz CT molecular complexity index is 761. The van der Waals surface area contributed by atoms with Crippen LogP contribution in [0.1, 0.15) is 5.56 Å². The highest BCUT2D eigenvalue weighted by molar-refractivity contribution is 7.92. The number of nitrogens with zero attached hydrogens (tertiary/aromatic N) is 1. The SMILES string of the molecule is O=S(=O)(Nc1ccc(F)c(C#CCO)c1)c1cnc[nH]1. The lowest BCUT2D eigenvalue weighted by atomic mass is 10.2. The van der Waals surface area contributed by atoms with Gasteiger partial charge in [-0.3, -0.25) is 4.72 Å². The van der Waals surface area contributed by atoms with Gasteiger partial charge in [0, 0.05) is 0 Å². The van der Waals surface area contributed by atoms with Gasteiger partial charge in [0.1, 0.15) is 12.4 Å². The molecule has 1 aromatic carbocycles. The number of aliphatic hydroxyl groups excluding tert-OH is 1. The maximum Gasteiger partial charge on any atom is 0.278 e. The fourth-order valence-electron chi connectivity index (χ4n) is 1.42. The Hall–Kier alpha value is -2.37. The van der Waals surface area contributed by atoms with Gasteiger partial charge in [0.05, 0.1) is 23.8 Å². The molecule has 0 spiro atoms. The molecule has 0 unspecified atom stereocenters. The lowest BCUT2D eigenvalue weighted by molar-refractivity contribution is 0.350. The Kier molecular flexibility index (Phi) is 4.02. The second-order valence-electron chi connectivity index (χ2n) is 3.68. The van der Waals surface area contributed by atoms with Crippen LogP contribution in [-0.2, 0) is 10.0 Å². The van der Waals surface area contributed by atoms with Crippen molar-refractivity contribution in [3.05, 3.63) is 42.1 Å². The van der Waals surface area contributed by atoms with Gasteiger partial charge in [-0.1, -0.05) is 11.8 Å². The van der Waals surface area contributed by atoms with Gasteiger partial charge in [-0.25, -0.2) is 9.37 Å². The summed E-state index contributed by atoms with van der Waals surface area (Å²) in [4.78, 5) is 6.08. The average molecular weight is 295 g/mol. The minimum absolute atomic E-state index is 0.0103. The lowest BCUT2D eigenvalue weighted by Crippen LogP contribution is -2.13. The second-order valence-corrected chi connectivity index (χ2v) is 5.33. The van der Waals surface area contributed by atoms with E-state index in [-0.39, 0.29) is 16.3 Å². The monoisotopic (exact) mass is 295 g/mol. The predicted molar refractivity (Wildman–Crippen MR) is 69.8 cm³/mol. The summed E-state index contributed by atoms with van der Waals surface area (Å²) in [7, 11) is -3.81. The molecule has 0 fully saturated rings. The molecule has 6 nitrogen and oxygen atoms in total. The van der Waals surface area contributed by atoms with Crippen molar-refractivity contribution in [3.8, 4) is 11.8 Å². The summed E-state index contributed by atoms with van der Waals surface area (Å²) in [6, 6.07) is 3.60. The minimum Gasteiger partial charge on any atom is -0.384 e. The van der Waals surface area contributed by atoms with Gasteiger partial charge in [-0.2, -0.15) is 8.42 Å². The van der Waals surface area contributed by atoms with Crippen LogP contribution in [0.4, 0.5) is 10.1 Å². The number of rotatable bonds is 3. The van der Waals surface area contributed by atoms with E-state index in [0.29, 0.717) is 0 Å². The lowest BCUT2D eigenvalue weighted by Gasteiger charge is -2.06. The molecule has 8 heteroatoms. The standard InChI is InChI=1S/C12H10FN3O3S/c13-11-4-3-10(6-9(11)2-1-5-17)16-20(18,19)12-7-14-8-15-12/h3-4,6-8,16-17H,5H2,(H,14,15). The smallest absolute Gasteiger partial charge is 0.278 e. The summed E-state index contributed by atoms with van der Waals surface area (Å²) in [6.45, 7) is -0.413. The Morgan fingerprint density at radius 2 is 2.25 bits per heavy atom. The Morgan fingerprint density at radius 3 is 2.90 bits per heavy atom. The zero-order valence-electron chi connectivity index (χ0n) is 10.1. The van der Waals surface area contributed by atoms with E-state index in [9.17, 15) is 12.8 Å². The molecule has 104 valence electrons. The average Bonchev–Trinajstić information content (AvgIpc) is 2.94. The summed E-state index contributed by atoms with van der Waals surface area (Å²) in [6.07, 6.45) is 2.38. The molecule has 0 radical (unpaired) electrons. The molecule has 1 heterocycles. The number of H-pyrrole nitrogens is 1. The van der Waals surface area contributed by atoms with E-state index in [1.54, 1.807) is 0 Å². The summed E-state index contributed by atoms with van der Waals surface area (Å²) in [5.41, 5.74) is 0.145. The summed E-state index contributed by atoms with van der Waals surface area (Å²) < 4.78 is 39.5. The van der Waals surface area contributed by atoms with Gasteiger partial charge in [-0.05, 0) is 18.2 Å².